The lowest BCUT2D eigenvalue weighted by Crippen LogP contribution is -2.13. The van der Waals surface area contributed by atoms with Gasteiger partial charge in [-0.25, -0.2) is 0 Å². The van der Waals surface area contributed by atoms with Gasteiger partial charge in [-0.1, -0.05) is 19.3 Å². The number of rotatable bonds is 5. The third kappa shape index (κ3) is 6.02. The van der Waals surface area contributed by atoms with Crippen molar-refractivity contribution in [2.24, 2.45) is 4.99 Å². The number of nitrogens with zero attached hydrogens (tertiary/aromatic N) is 1. The lowest BCUT2D eigenvalue weighted by atomic mass is 9.96. The minimum absolute atomic E-state index is 0. The molecule has 0 aromatic heterocycles. The zero-order chi connectivity index (χ0) is 10.2. The number of hydrogen-bond acceptors (Lipinski definition) is 3. The molecular weight excluding hydrogens is 301 g/mol. The molecule has 0 amide bonds. The molecule has 1 aliphatic carbocycles. The molecular formula is C11H20IN3. The van der Waals surface area contributed by atoms with Gasteiger partial charge in [-0.2, -0.15) is 0 Å². The lowest BCUT2D eigenvalue weighted by Gasteiger charge is -2.18. The van der Waals surface area contributed by atoms with E-state index in [0.717, 1.165) is 12.1 Å². The smallest absolute Gasteiger partial charge is 0.0530 e. The maximum atomic E-state index is 7.23. The van der Waals surface area contributed by atoms with Gasteiger partial charge in [0.15, 0.2) is 0 Å². The predicted octanol–water partition coefficient (Wildman–Crippen LogP) is 3.46. The third-order valence-electron chi connectivity index (χ3n) is 2.63. The Morgan fingerprint density at radius 3 is 2.40 bits per heavy atom. The number of halogens is 1. The van der Waals surface area contributed by atoms with Crippen LogP contribution in [0.25, 0.3) is 0 Å². The van der Waals surface area contributed by atoms with E-state index >= 15 is 0 Å². The van der Waals surface area contributed by atoms with Gasteiger partial charge in [0.25, 0.3) is 0 Å². The van der Waals surface area contributed by atoms with Crippen molar-refractivity contribution in [3.8, 4) is 0 Å². The Kier molecular flexibility index (Phi) is 8.85. The molecule has 0 heterocycles. The third-order valence-corrected chi connectivity index (χ3v) is 2.63. The Morgan fingerprint density at radius 1 is 1.20 bits per heavy atom. The molecule has 2 N–H and O–H groups in total. The molecule has 0 spiro atoms. The largest absolute Gasteiger partial charge is 0.313 e. The fourth-order valence-corrected chi connectivity index (χ4v) is 1.84. The summed E-state index contributed by atoms with van der Waals surface area (Å²) < 4.78 is 0. The number of aliphatic imine (C=N–C) groups is 1. The zero-order valence-electron chi connectivity index (χ0n) is 9.04. The molecule has 0 radical (unpaired) electrons. The molecule has 0 unspecified atom stereocenters. The van der Waals surface area contributed by atoms with Gasteiger partial charge < -0.3 is 10.8 Å². The molecule has 4 heteroatoms. The molecule has 1 rings (SSSR count). The van der Waals surface area contributed by atoms with E-state index in [2.05, 4.69) is 4.99 Å². The average molecular weight is 321 g/mol. The van der Waals surface area contributed by atoms with E-state index in [4.69, 9.17) is 10.8 Å². The van der Waals surface area contributed by atoms with Crippen LogP contribution in [-0.4, -0.2) is 24.2 Å². The highest BCUT2D eigenvalue weighted by atomic mass is 127. The van der Waals surface area contributed by atoms with Crippen LogP contribution >= 0.6 is 24.0 Å². The van der Waals surface area contributed by atoms with Crippen molar-refractivity contribution in [1.29, 1.82) is 10.8 Å². The van der Waals surface area contributed by atoms with E-state index < -0.39 is 0 Å². The fourth-order valence-electron chi connectivity index (χ4n) is 1.84. The molecule has 0 atom stereocenters. The van der Waals surface area contributed by atoms with Crippen LogP contribution < -0.4 is 0 Å². The minimum Gasteiger partial charge on any atom is -0.313 e. The molecule has 0 aliphatic heterocycles. The summed E-state index contributed by atoms with van der Waals surface area (Å²) in [5.41, 5.74) is 0.861. The predicted molar refractivity (Wildman–Crippen MR) is 76.5 cm³/mol. The average Bonchev–Trinajstić information content (AvgIpc) is 2.25. The molecule has 1 saturated carbocycles. The summed E-state index contributed by atoms with van der Waals surface area (Å²) in [6, 6.07) is 0.450. The van der Waals surface area contributed by atoms with Gasteiger partial charge in [-0.15, -0.1) is 24.0 Å². The van der Waals surface area contributed by atoms with E-state index in [0.29, 0.717) is 12.5 Å². The summed E-state index contributed by atoms with van der Waals surface area (Å²) in [7, 11) is 0. The first-order chi connectivity index (χ1) is 6.86. The molecule has 0 bridgehead atoms. The maximum Gasteiger partial charge on any atom is 0.0530 e. The van der Waals surface area contributed by atoms with Crippen molar-refractivity contribution in [3.05, 3.63) is 0 Å². The van der Waals surface area contributed by atoms with Gasteiger partial charge in [0.2, 0.25) is 0 Å². The van der Waals surface area contributed by atoms with Crippen LogP contribution in [0.5, 0.6) is 0 Å². The van der Waals surface area contributed by atoms with E-state index in [-0.39, 0.29) is 24.0 Å². The molecule has 0 aromatic rings. The second-order valence-electron chi connectivity index (χ2n) is 3.80. The first kappa shape index (κ1) is 14.7. The van der Waals surface area contributed by atoms with E-state index in [1.165, 1.54) is 44.5 Å². The molecule has 15 heavy (non-hydrogen) atoms. The van der Waals surface area contributed by atoms with Gasteiger partial charge in [-0.3, -0.25) is 4.99 Å². The zero-order valence-corrected chi connectivity index (χ0v) is 11.4. The number of hydrogen-bond donors (Lipinski definition) is 2. The fraction of sp³-hybridized carbons (Fsp3) is 0.727. The Balaban J connectivity index is 0.00000196. The normalized spacial score (nSPS) is 18.0. The highest BCUT2D eigenvalue weighted by molar-refractivity contribution is 14.0. The maximum absolute atomic E-state index is 7.23. The molecule has 1 fully saturated rings. The van der Waals surface area contributed by atoms with E-state index in [9.17, 15) is 0 Å². The molecule has 86 valence electrons. The lowest BCUT2D eigenvalue weighted by molar-refractivity contribution is 0.443. The van der Waals surface area contributed by atoms with Gasteiger partial charge in [-0.05, 0) is 31.9 Å². The summed E-state index contributed by atoms with van der Waals surface area (Å²) in [6.45, 7) is 0. The Labute approximate surface area is 109 Å². The van der Waals surface area contributed by atoms with Crippen molar-refractivity contribution in [2.45, 2.75) is 51.0 Å². The van der Waals surface area contributed by atoms with Gasteiger partial charge in [0.05, 0.1) is 11.8 Å². The molecule has 0 saturated heterocycles. The van der Waals surface area contributed by atoms with Crippen LogP contribution in [0.4, 0.5) is 0 Å². The summed E-state index contributed by atoms with van der Waals surface area (Å²) in [5, 5.41) is 14.2. The summed E-state index contributed by atoms with van der Waals surface area (Å²) in [6.07, 6.45) is 10.5. The van der Waals surface area contributed by atoms with E-state index in [1.54, 1.807) is 0 Å². The second kappa shape index (κ2) is 9.00. The van der Waals surface area contributed by atoms with Crippen molar-refractivity contribution in [3.63, 3.8) is 0 Å². The summed E-state index contributed by atoms with van der Waals surface area (Å²) in [4.78, 5) is 4.56. The summed E-state index contributed by atoms with van der Waals surface area (Å²) >= 11 is 0. The molecule has 1 aliphatic rings. The summed E-state index contributed by atoms with van der Waals surface area (Å²) in [5.74, 6) is 0. The molecule has 3 nitrogen and oxygen atoms in total. The van der Waals surface area contributed by atoms with Gasteiger partial charge in [0.1, 0.15) is 0 Å². The monoisotopic (exact) mass is 321 g/mol. The van der Waals surface area contributed by atoms with Gasteiger partial charge in [0, 0.05) is 6.21 Å². The standard InChI is InChI=1S/C11H19N3.HI/c12-8-4-7-11(9-13)14-10-5-2-1-3-6-10;/h8-10,12-13H,1-7H2;1H. The van der Waals surface area contributed by atoms with Crippen LogP contribution in [0.2, 0.25) is 0 Å². The van der Waals surface area contributed by atoms with Crippen LogP contribution in [-0.2, 0) is 0 Å². The highest BCUT2D eigenvalue weighted by Gasteiger charge is 2.12. The topological polar surface area (TPSA) is 60.1 Å². The Bertz CT molecular complexity index is 220. The van der Waals surface area contributed by atoms with Crippen molar-refractivity contribution >= 4 is 42.1 Å². The quantitative estimate of drug-likeness (QED) is 0.575. The molecule has 0 aromatic carbocycles. The van der Waals surface area contributed by atoms with Crippen molar-refractivity contribution in [1.82, 2.24) is 0 Å². The van der Waals surface area contributed by atoms with Crippen LogP contribution in [0.3, 0.4) is 0 Å². The highest BCUT2D eigenvalue weighted by Crippen LogP contribution is 2.20. The first-order valence-corrected chi connectivity index (χ1v) is 5.43. The minimum atomic E-state index is 0. The van der Waals surface area contributed by atoms with Gasteiger partial charge >= 0.3 is 0 Å². The van der Waals surface area contributed by atoms with Crippen molar-refractivity contribution in [2.75, 3.05) is 0 Å². The van der Waals surface area contributed by atoms with Crippen LogP contribution in [0.15, 0.2) is 4.99 Å². The first-order valence-electron chi connectivity index (χ1n) is 5.43. The van der Waals surface area contributed by atoms with Crippen molar-refractivity contribution < 1.29 is 0 Å². The second-order valence-corrected chi connectivity index (χ2v) is 3.80. The SMILES string of the molecule is I.N=CCCC(C=N)=NC1CCCCC1. The Hall–Kier alpha value is -0.260. The number of nitrogens with one attached hydrogen (secondary N) is 2. The van der Waals surface area contributed by atoms with E-state index in [1.807, 2.05) is 0 Å². The van der Waals surface area contributed by atoms with Crippen LogP contribution in [0.1, 0.15) is 44.9 Å². The Morgan fingerprint density at radius 2 is 1.87 bits per heavy atom. The van der Waals surface area contributed by atoms with Crippen LogP contribution in [0, 0.1) is 10.8 Å².